The molecule has 8 heteroatoms. The largest absolute Gasteiger partial charge is 0.375 e. The van der Waals surface area contributed by atoms with Crippen LogP contribution in [0, 0.1) is 0 Å². The van der Waals surface area contributed by atoms with Crippen LogP contribution >= 0.6 is 11.6 Å². The van der Waals surface area contributed by atoms with Gasteiger partial charge in [0.05, 0.1) is 22.2 Å². The van der Waals surface area contributed by atoms with Gasteiger partial charge in [-0.1, -0.05) is 35.9 Å². The lowest BCUT2D eigenvalue weighted by atomic mass is 10.1. The van der Waals surface area contributed by atoms with Crippen molar-refractivity contribution in [2.45, 2.75) is 11.3 Å². The molecule has 0 aliphatic heterocycles. The molecule has 0 unspecified atom stereocenters. The second kappa shape index (κ2) is 8.14. The summed E-state index contributed by atoms with van der Waals surface area (Å²) in [5.74, 6) is -0.156. The number of carbonyl (C=O) groups excluding carboxylic acids is 1. The maximum absolute atomic E-state index is 11.8. The van der Waals surface area contributed by atoms with Crippen molar-refractivity contribution in [3.8, 4) is 0 Å². The third-order valence-corrected chi connectivity index (χ3v) is 4.56. The molecule has 0 atom stereocenters. The molecule has 0 bridgehead atoms. The van der Waals surface area contributed by atoms with Crippen molar-refractivity contribution in [1.82, 2.24) is 5.32 Å². The zero-order valence-corrected chi connectivity index (χ0v) is 14.4. The zero-order valence-electron chi connectivity index (χ0n) is 12.8. The quantitative estimate of drug-likeness (QED) is 0.694. The summed E-state index contributed by atoms with van der Waals surface area (Å²) in [4.78, 5) is 11.9. The van der Waals surface area contributed by atoms with Gasteiger partial charge in [-0.2, -0.15) is 0 Å². The summed E-state index contributed by atoms with van der Waals surface area (Å²) in [5, 5.41) is 11.3. The summed E-state index contributed by atoms with van der Waals surface area (Å²) in [6.07, 6.45) is 0.586. The van der Waals surface area contributed by atoms with E-state index in [0.717, 1.165) is 5.56 Å². The van der Waals surface area contributed by atoms with E-state index in [0.29, 0.717) is 23.7 Å². The lowest BCUT2D eigenvalue weighted by molar-refractivity contribution is -0.119. The smallest absolute Gasteiger partial charge is 0.239 e. The standard InChI is InChI=1S/C16H18ClN3O3S/c17-14-3-1-2-4-15(14)20-11-16(21)19-10-9-12-5-7-13(8-6-12)24(18,22)23/h1-8,20H,9-11H2,(H,19,21)(H2,18,22,23). The molecule has 128 valence electrons. The van der Waals surface area contributed by atoms with E-state index >= 15 is 0 Å². The van der Waals surface area contributed by atoms with Crippen molar-refractivity contribution in [1.29, 1.82) is 0 Å². The van der Waals surface area contributed by atoms with E-state index in [1.807, 2.05) is 12.1 Å². The zero-order chi connectivity index (χ0) is 17.6. The average molecular weight is 368 g/mol. The fourth-order valence-electron chi connectivity index (χ4n) is 2.03. The van der Waals surface area contributed by atoms with Crippen molar-refractivity contribution in [3.05, 3.63) is 59.1 Å². The van der Waals surface area contributed by atoms with E-state index < -0.39 is 10.0 Å². The Hall–Kier alpha value is -2.09. The number of carbonyl (C=O) groups is 1. The number of amides is 1. The molecule has 0 heterocycles. The number of rotatable bonds is 7. The van der Waals surface area contributed by atoms with Gasteiger partial charge in [-0.25, -0.2) is 13.6 Å². The number of anilines is 1. The SMILES string of the molecule is NS(=O)(=O)c1ccc(CCNC(=O)CNc2ccccc2Cl)cc1. The molecule has 2 aromatic carbocycles. The van der Waals surface area contributed by atoms with Crippen LogP contribution in [0.25, 0.3) is 0 Å². The normalized spacial score (nSPS) is 11.1. The number of hydrogen-bond donors (Lipinski definition) is 3. The summed E-state index contributed by atoms with van der Waals surface area (Å²) in [6.45, 7) is 0.561. The number of para-hydroxylation sites is 1. The maximum atomic E-state index is 11.8. The highest BCUT2D eigenvalue weighted by Gasteiger charge is 2.07. The highest BCUT2D eigenvalue weighted by Crippen LogP contribution is 2.19. The molecule has 0 fully saturated rings. The number of hydrogen-bond acceptors (Lipinski definition) is 4. The highest BCUT2D eigenvalue weighted by atomic mass is 35.5. The van der Waals surface area contributed by atoms with Crippen molar-refractivity contribution < 1.29 is 13.2 Å². The van der Waals surface area contributed by atoms with Crippen LogP contribution in [0.1, 0.15) is 5.56 Å². The molecule has 0 aliphatic carbocycles. The molecule has 0 aliphatic rings. The Morgan fingerprint density at radius 2 is 1.75 bits per heavy atom. The van der Waals surface area contributed by atoms with Crippen molar-refractivity contribution in [2.24, 2.45) is 5.14 Å². The molecule has 24 heavy (non-hydrogen) atoms. The summed E-state index contributed by atoms with van der Waals surface area (Å²) < 4.78 is 22.3. The van der Waals surface area contributed by atoms with Gasteiger partial charge >= 0.3 is 0 Å². The van der Waals surface area contributed by atoms with Gasteiger partial charge in [0.25, 0.3) is 0 Å². The van der Waals surface area contributed by atoms with Crippen LogP contribution in [0.3, 0.4) is 0 Å². The van der Waals surface area contributed by atoms with Crippen LogP contribution < -0.4 is 15.8 Å². The first-order valence-electron chi connectivity index (χ1n) is 7.23. The summed E-state index contributed by atoms with van der Waals surface area (Å²) >= 11 is 5.99. The third-order valence-electron chi connectivity index (χ3n) is 3.30. The molecule has 2 rings (SSSR count). The Bertz CT molecular complexity index is 808. The number of halogens is 1. The molecule has 0 saturated carbocycles. The second-order valence-corrected chi connectivity index (χ2v) is 7.09. The summed E-state index contributed by atoms with van der Waals surface area (Å²) in [5.41, 5.74) is 1.61. The monoisotopic (exact) mass is 367 g/mol. The minimum atomic E-state index is -3.68. The van der Waals surface area contributed by atoms with Gasteiger partial charge in [-0.15, -0.1) is 0 Å². The first kappa shape index (κ1) is 18.3. The van der Waals surface area contributed by atoms with Gasteiger partial charge in [-0.05, 0) is 36.2 Å². The highest BCUT2D eigenvalue weighted by molar-refractivity contribution is 7.89. The van der Waals surface area contributed by atoms with Crippen LogP contribution in [0.15, 0.2) is 53.4 Å². The van der Waals surface area contributed by atoms with Crippen LogP contribution in [-0.2, 0) is 21.2 Å². The summed E-state index contributed by atoms with van der Waals surface area (Å²) in [7, 11) is -3.68. The van der Waals surface area contributed by atoms with Gasteiger partial charge in [-0.3, -0.25) is 4.79 Å². The van der Waals surface area contributed by atoms with Gasteiger partial charge in [0.15, 0.2) is 0 Å². The van der Waals surface area contributed by atoms with Crippen LogP contribution in [0.5, 0.6) is 0 Å². The molecular formula is C16H18ClN3O3S. The van der Waals surface area contributed by atoms with Gasteiger partial charge in [0, 0.05) is 6.54 Å². The molecular weight excluding hydrogens is 350 g/mol. The number of nitrogens with one attached hydrogen (secondary N) is 2. The number of primary sulfonamides is 1. The molecule has 0 aromatic heterocycles. The Balaban J connectivity index is 1.75. The Morgan fingerprint density at radius 3 is 2.38 bits per heavy atom. The topological polar surface area (TPSA) is 101 Å². The van der Waals surface area contributed by atoms with Crippen molar-refractivity contribution in [3.63, 3.8) is 0 Å². The summed E-state index contributed by atoms with van der Waals surface area (Å²) in [6, 6.07) is 13.4. The molecule has 6 nitrogen and oxygen atoms in total. The number of sulfonamides is 1. The fourth-order valence-corrected chi connectivity index (χ4v) is 2.75. The molecule has 2 aromatic rings. The van der Waals surface area contributed by atoms with E-state index in [1.54, 1.807) is 24.3 Å². The van der Waals surface area contributed by atoms with E-state index in [4.69, 9.17) is 16.7 Å². The molecule has 0 spiro atoms. The van der Waals surface area contributed by atoms with Gasteiger partial charge in [0.2, 0.25) is 15.9 Å². The van der Waals surface area contributed by atoms with Crippen LogP contribution in [0.2, 0.25) is 5.02 Å². The Labute approximate surface area is 146 Å². The van der Waals surface area contributed by atoms with E-state index in [9.17, 15) is 13.2 Å². The lowest BCUT2D eigenvalue weighted by Crippen LogP contribution is -2.31. The predicted octanol–water partition coefficient (Wildman–Crippen LogP) is 1.76. The van der Waals surface area contributed by atoms with Gasteiger partial charge < -0.3 is 10.6 Å². The number of benzene rings is 2. The van der Waals surface area contributed by atoms with E-state index in [1.165, 1.54) is 12.1 Å². The molecule has 0 radical (unpaired) electrons. The fraction of sp³-hybridized carbons (Fsp3) is 0.188. The minimum Gasteiger partial charge on any atom is -0.375 e. The predicted molar refractivity (Wildman–Crippen MR) is 94.5 cm³/mol. The van der Waals surface area contributed by atoms with Gasteiger partial charge in [0.1, 0.15) is 0 Å². The second-order valence-electron chi connectivity index (χ2n) is 5.12. The first-order chi connectivity index (χ1) is 11.4. The lowest BCUT2D eigenvalue weighted by Gasteiger charge is -2.09. The van der Waals surface area contributed by atoms with E-state index in [2.05, 4.69) is 10.6 Å². The first-order valence-corrected chi connectivity index (χ1v) is 9.15. The molecule has 1 amide bonds. The third kappa shape index (κ3) is 5.52. The molecule has 4 N–H and O–H groups in total. The van der Waals surface area contributed by atoms with Crippen LogP contribution in [-0.4, -0.2) is 27.4 Å². The van der Waals surface area contributed by atoms with Crippen molar-refractivity contribution >= 4 is 33.2 Å². The van der Waals surface area contributed by atoms with Crippen LogP contribution in [0.4, 0.5) is 5.69 Å². The Morgan fingerprint density at radius 1 is 1.08 bits per heavy atom. The minimum absolute atomic E-state index is 0.0687. The molecule has 0 saturated heterocycles. The average Bonchev–Trinajstić information content (AvgIpc) is 2.54. The number of nitrogens with two attached hydrogens (primary N) is 1. The Kier molecular flexibility index (Phi) is 6.19. The van der Waals surface area contributed by atoms with E-state index in [-0.39, 0.29) is 17.3 Å². The van der Waals surface area contributed by atoms with Crippen molar-refractivity contribution in [2.75, 3.05) is 18.4 Å². The maximum Gasteiger partial charge on any atom is 0.239 e.